The number of nitrogens with zero attached hydrogens (tertiary/aromatic N) is 6. The lowest BCUT2D eigenvalue weighted by Gasteiger charge is -1.95. The molecule has 0 atom stereocenters. The highest BCUT2D eigenvalue weighted by Gasteiger charge is 2.17. The smallest absolute Gasteiger partial charge is 0.235 e. The normalized spacial score (nSPS) is 11.5. The van der Waals surface area contributed by atoms with Gasteiger partial charge in [0.1, 0.15) is 0 Å². The van der Waals surface area contributed by atoms with Crippen molar-refractivity contribution >= 4 is 27.6 Å². The van der Waals surface area contributed by atoms with Crippen molar-refractivity contribution in [3.8, 4) is 22.0 Å². The molecule has 0 saturated heterocycles. The van der Waals surface area contributed by atoms with Gasteiger partial charge in [-0.25, -0.2) is 0 Å². The molecule has 4 rings (SSSR count). The Kier molecular flexibility index (Phi) is 2.48. The largest absolute Gasteiger partial charge is 0.272 e. The van der Waals surface area contributed by atoms with Crippen molar-refractivity contribution in [2.75, 3.05) is 0 Å². The lowest BCUT2D eigenvalue weighted by Crippen LogP contribution is -1.93. The van der Waals surface area contributed by atoms with E-state index < -0.39 is 0 Å². The molecule has 0 saturated carbocycles. The second-order valence-electron chi connectivity index (χ2n) is 4.40. The molecule has 0 unspecified atom stereocenters. The minimum Gasteiger partial charge on any atom is -0.272 e. The summed E-state index contributed by atoms with van der Waals surface area (Å²) in [5.41, 5.74) is 3.17. The Hall–Kier alpha value is -2.06. The highest BCUT2D eigenvalue weighted by Crippen LogP contribution is 2.30. The predicted molar refractivity (Wildman–Crippen MR) is 78.9 cm³/mol. The molecular weight excluding hydrogens is 292 g/mol. The molecule has 6 nitrogen and oxygen atoms in total. The van der Waals surface area contributed by atoms with Crippen LogP contribution in [0, 0.1) is 6.92 Å². The SMILES string of the molecule is Cc1c(-c2nn3c(-c4ccsc4)nnc3s2)cnn1C. The average Bonchev–Trinajstić information content (AvgIpc) is 3.15. The molecule has 8 heteroatoms. The second kappa shape index (κ2) is 4.22. The van der Waals surface area contributed by atoms with Gasteiger partial charge in [-0.15, -0.1) is 10.2 Å². The van der Waals surface area contributed by atoms with Crippen molar-refractivity contribution in [1.82, 2.24) is 29.6 Å². The van der Waals surface area contributed by atoms with E-state index in [9.17, 15) is 0 Å². The maximum Gasteiger partial charge on any atom is 0.235 e. The van der Waals surface area contributed by atoms with Gasteiger partial charge in [-0.2, -0.15) is 26.0 Å². The van der Waals surface area contributed by atoms with Crippen LogP contribution in [0.2, 0.25) is 0 Å². The molecule has 4 aromatic heterocycles. The summed E-state index contributed by atoms with van der Waals surface area (Å²) in [5, 5.41) is 22.3. The fourth-order valence-corrected chi connectivity index (χ4v) is 3.54. The predicted octanol–water partition coefficient (Wildman–Crippen LogP) is 2.62. The van der Waals surface area contributed by atoms with Crippen LogP contribution >= 0.6 is 22.7 Å². The Bertz CT molecular complexity index is 883. The number of aryl methyl sites for hydroxylation is 1. The van der Waals surface area contributed by atoms with Gasteiger partial charge in [0.05, 0.1) is 11.8 Å². The molecule has 0 aliphatic heterocycles. The van der Waals surface area contributed by atoms with E-state index >= 15 is 0 Å². The average molecular weight is 302 g/mol. The van der Waals surface area contributed by atoms with E-state index in [4.69, 9.17) is 0 Å². The van der Waals surface area contributed by atoms with E-state index in [-0.39, 0.29) is 0 Å². The maximum atomic E-state index is 4.63. The van der Waals surface area contributed by atoms with Crippen molar-refractivity contribution in [3.05, 3.63) is 28.7 Å². The van der Waals surface area contributed by atoms with Gasteiger partial charge >= 0.3 is 0 Å². The summed E-state index contributed by atoms with van der Waals surface area (Å²) in [5.74, 6) is 0.783. The molecule has 0 aliphatic rings. The van der Waals surface area contributed by atoms with Crippen LogP contribution in [0.1, 0.15) is 5.69 Å². The standard InChI is InChI=1S/C12H10N6S2/c1-7-9(5-13-17(7)2)11-16-18-10(8-3-4-19-6-8)14-15-12(18)20-11/h3-6H,1-2H3. The maximum absolute atomic E-state index is 4.63. The van der Waals surface area contributed by atoms with Crippen molar-refractivity contribution < 1.29 is 0 Å². The highest BCUT2D eigenvalue weighted by atomic mass is 32.1. The zero-order valence-electron chi connectivity index (χ0n) is 10.8. The Morgan fingerprint density at radius 3 is 2.85 bits per heavy atom. The van der Waals surface area contributed by atoms with E-state index in [1.54, 1.807) is 15.9 Å². The topological polar surface area (TPSA) is 60.9 Å². The second-order valence-corrected chi connectivity index (χ2v) is 6.14. The van der Waals surface area contributed by atoms with Crippen molar-refractivity contribution in [2.24, 2.45) is 7.05 Å². The molecule has 0 radical (unpaired) electrons. The van der Waals surface area contributed by atoms with Gasteiger partial charge in [0.2, 0.25) is 4.96 Å². The third-order valence-corrected chi connectivity index (χ3v) is 4.85. The summed E-state index contributed by atoms with van der Waals surface area (Å²) in [6.07, 6.45) is 1.84. The molecule has 4 aromatic rings. The minimum atomic E-state index is 0.783. The number of rotatable bonds is 2. The molecular formula is C12H10N6S2. The van der Waals surface area contributed by atoms with E-state index in [1.807, 2.05) is 41.7 Å². The first-order chi connectivity index (χ1) is 9.74. The first-order valence-electron chi connectivity index (χ1n) is 5.98. The van der Waals surface area contributed by atoms with Gasteiger partial charge < -0.3 is 0 Å². The monoisotopic (exact) mass is 302 g/mol. The molecule has 4 heterocycles. The molecule has 100 valence electrons. The van der Waals surface area contributed by atoms with Gasteiger partial charge in [0, 0.05) is 23.7 Å². The van der Waals surface area contributed by atoms with Crippen molar-refractivity contribution in [1.29, 1.82) is 0 Å². The zero-order chi connectivity index (χ0) is 13.7. The lowest BCUT2D eigenvalue weighted by molar-refractivity contribution is 0.740. The Balaban J connectivity index is 1.90. The van der Waals surface area contributed by atoms with E-state index in [0.717, 1.165) is 32.6 Å². The van der Waals surface area contributed by atoms with Crippen molar-refractivity contribution in [2.45, 2.75) is 6.92 Å². The molecule has 0 N–H and O–H groups in total. The minimum absolute atomic E-state index is 0.783. The summed E-state index contributed by atoms with van der Waals surface area (Å²) in [4.78, 5) is 0.796. The van der Waals surface area contributed by atoms with E-state index in [1.165, 1.54) is 11.3 Å². The number of hydrogen-bond acceptors (Lipinski definition) is 6. The quantitative estimate of drug-likeness (QED) is 0.571. The van der Waals surface area contributed by atoms with Crippen LogP contribution in [0.25, 0.3) is 26.9 Å². The summed E-state index contributed by atoms with van der Waals surface area (Å²) in [7, 11) is 1.93. The molecule has 20 heavy (non-hydrogen) atoms. The van der Waals surface area contributed by atoms with Crippen molar-refractivity contribution in [3.63, 3.8) is 0 Å². The van der Waals surface area contributed by atoms with Crippen LogP contribution in [0.5, 0.6) is 0 Å². The first-order valence-corrected chi connectivity index (χ1v) is 7.74. The number of hydrogen-bond donors (Lipinski definition) is 0. The fraction of sp³-hybridized carbons (Fsp3) is 0.167. The number of fused-ring (bicyclic) bond motifs is 1. The van der Waals surface area contributed by atoms with Crippen LogP contribution in [0.3, 0.4) is 0 Å². The van der Waals surface area contributed by atoms with E-state index in [2.05, 4.69) is 20.4 Å². The fourth-order valence-electron chi connectivity index (χ4n) is 2.01. The lowest BCUT2D eigenvalue weighted by atomic mass is 10.3. The van der Waals surface area contributed by atoms with Crippen LogP contribution in [-0.4, -0.2) is 29.6 Å². The zero-order valence-corrected chi connectivity index (χ0v) is 12.4. The Labute approximate surface area is 122 Å². The van der Waals surface area contributed by atoms with Gasteiger partial charge in [0.25, 0.3) is 0 Å². The number of aromatic nitrogens is 6. The van der Waals surface area contributed by atoms with Gasteiger partial charge in [-0.05, 0) is 18.4 Å². The van der Waals surface area contributed by atoms with Gasteiger partial charge in [-0.1, -0.05) is 11.3 Å². The molecule has 0 fully saturated rings. The molecule has 0 bridgehead atoms. The molecule has 0 aromatic carbocycles. The molecule has 0 spiro atoms. The third kappa shape index (κ3) is 1.61. The number of thiophene rings is 1. The summed E-state index contributed by atoms with van der Waals surface area (Å²) >= 11 is 3.16. The van der Waals surface area contributed by atoms with Crippen LogP contribution in [0.15, 0.2) is 23.0 Å². The summed E-state index contributed by atoms with van der Waals surface area (Å²) in [6.45, 7) is 2.03. The summed E-state index contributed by atoms with van der Waals surface area (Å²) < 4.78 is 3.64. The van der Waals surface area contributed by atoms with E-state index in [0.29, 0.717) is 0 Å². The van der Waals surface area contributed by atoms with Crippen LogP contribution in [0.4, 0.5) is 0 Å². The van der Waals surface area contributed by atoms with Crippen LogP contribution in [-0.2, 0) is 7.05 Å². The van der Waals surface area contributed by atoms with Crippen LogP contribution < -0.4 is 0 Å². The first kappa shape index (κ1) is 11.7. The summed E-state index contributed by atoms with van der Waals surface area (Å²) in [6, 6.07) is 2.02. The molecule has 0 aliphatic carbocycles. The molecule has 0 amide bonds. The Morgan fingerprint density at radius 1 is 1.25 bits per heavy atom. The highest BCUT2D eigenvalue weighted by molar-refractivity contribution is 7.19. The third-order valence-electron chi connectivity index (χ3n) is 3.24. The van der Waals surface area contributed by atoms with Gasteiger partial charge in [-0.3, -0.25) is 4.68 Å². The van der Waals surface area contributed by atoms with Gasteiger partial charge in [0.15, 0.2) is 10.8 Å². The Morgan fingerprint density at radius 2 is 2.15 bits per heavy atom.